The van der Waals surface area contributed by atoms with Gasteiger partial charge in [0.15, 0.2) is 11.5 Å². The molecule has 0 aliphatic rings. The number of pyridine rings is 1. The van der Waals surface area contributed by atoms with E-state index in [1.165, 1.54) is 0 Å². The summed E-state index contributed by atoms with van der Waals surface area (Å²) >= 11 is 2.68. The topological polar surface area (TPSA) is 126 Å². The smallest absolute Gasteiger partial charge is 0.220 e. The van der Waals surface area contributed by atoms with Crippen molar-refractivity contribution in [3.05, 3.63) is 102 Å². The Bertz CT molecular complexity index is 1630. The van der Waals surface area contributed by atoms with Gasteiger partial charge in [-0.1, -0.05) is 30.3 Å². The second kappa shape index (κ2) is 12.8. The van der Waals surface area contributed by atoms with E-state index < -0.39 is 34.2 Å². The average Bonchev–Trinajstić information content (AvgIpc) is 3.39. The van der Waals surface area contributed by atoms with Gasteiger partial charge in [0.1, 0.15) is 11.5 Å². The number of carbonyl (C=O) groups excluding carboxylic acids is 1. The molecule has 0 fully saturated rings. The second-order valence-corrected chi connectivity index (χ2v) is 9.44. The van der Waals surface area contributed by atoms with Crippen LogP contribution in [0.2, 0.25) is 0 Å². The summed E-state index contributed by atoms with van der Waals surface area (Å²) in [4.78, 5) is 18.4. The van der Waals surface area contributed by atoms with E-state index in [-0.39, 0.29) is 17.0 Å². The number of ketones is 1. The van der Waals surface area contributed by atoms with Crippen LogP contribution < -0.4 is 14.6 Å². The van der Waals surface area contributed by atoms with E-state index in [4.69, 9.17) is 5.14 Å². The number of halogens is 2. The summed E-state index contributed by atoms with van der Waals surface area (Å²) in [7, 11) is 0. The molecule has 1 atom stereocenters. The van der Waals surface area contributed by atoms with Crippen molar-refractivity contribution in [1.29, 1.82) is 0 Å². The highest BCUT2D eigenvalue weighted by molar-refractivity contribution is 7.97. The first-order valence-corrected chi connectivity index (χ1v) is 14.2. The van der Waals surface area contributed by atoms with Gasteiger partial charge in [0.25, 0.3) is 0 Å². The number of carbonyl (C=O) groups is 1. The van der Waals surface area contributed by atoms with Crippen molar-refractivity contribution in [2.75, 3.05) is 15.7 Å². The molecule has 1 unspecified atom stereocenters. The van der Waals surface area contributed by atoms with E-state index in [2.05, 4.69) is 37.3 Å². The van der Waals surface area contributed by atoms with Crippen LogP contribution in [0.5, 0.6) is 0 Å². The van der Waals surface area contributed by atoms with Crippen LogP contribution in [0.25, 0.3) is 22.2 Å². The number of para-hydroxylation sites is 1. The number of nitrogens with one attached hydrogen (secondary N) is 3. The first kappa shape index (κ1) is 28.2. The van der Waals surface area contributed by atoms with Gasteiger partial charge < -0.3 is 0 Å². The van der Waals surface area contributed by atoms with Gasteiger partial charge in [0.05, 0.1) is 16.6 Å². The van der Waals surface area contributed by atoms with Crippen molar-refractivity contribution in [3.8, 4) is 11.1 Å². The van der Waals surface area contributed by atoms with Gasteiger partial charge in [0.2, 0.25) is 17.0 Å². The highest BCUT2D eigenvalue weighted by Gasteiger charge is 2.26. The Balaban J connectivity index is 0.00000172. The lowest BCUT2D eigenvalue weighted by atomic mass is 10.0. The zero-order valence-electron chi connectivity index (χ0n) is 20.3. The summed E-state index contributed by atoms with van der Waals surface area (Å²) < 4.78 is 47.6. The van der Waals surface area contributed by atoms with E-state index in [0.29, 0.717) is 16.6 Å². The normalized spacial score (nSPS) is 11.4. The predicted octanol–water partition coefficient (Wildman–Crippen LogP) is 5.75. The summed E-state index contributed by atoms with van der Waals surface area (Å²) in [5, 5.41) is 12.4. The molecule has 0 spiro atoms. The van der Waals surface area contributed by atoms with Crippen LogP contribution in [0.4, 0.5) is 20.2 Å². The van der Waals surface area contributed by atoms with E-state index >= 15 is 4.39 Å². The molecular formula is C26H22F2N6O2S3. The first-order valence-electron chi connectivity index (χ1n) is 11.2. The maximum Gasteiger partial charge on any atom is 0.220 e. The lowest BCUT2D eigenvalue weighted by Crippen LogP contribution is -2.17. The molecule has 0 aliphatic carbocycles. The molecule has 5 rings (SSSR count). The third kappa shape index (κ3) is 6.28. The molecule has 2 aromatic heterocycles. The fourth-order valence-corrected chi connectivity index (χ4v) is 4.71. The van der Waals surface area contributed by atoms with Crippen molar-refractivity contribution in [3.63, 3.8) is 0 Å². The summed E-state index contributed by atoms with van der Waals surface area (Å²) in [5.74, 6) is -3.22. The molecule has 200 valence electrons. The van der Waals surface area contributed by atoms with E-state index in [1.807, 2.05) is 24.3 Å². The molecule has 0 saturated carbocycles. The minimum atomic E-state index is -1.96. The Morgan fingerprint density at radius 3 is 2.41 bits per heavy atom. The molecule has 5 N–H and O–H groups in total. The van der Waals surface area contributed by atoms with E-state index in [1.54, 1.807) is 48.9 Å². The fraction of sp³-hybridized carbons (Fsp3) is 0.0385. The van der Waals surface area contributed by atoms with Gasteiger partial charge in [-0.15, -0.1) is 0 Å². The Kier molecular flexibility index (Phi) is 9.30. The number of nitrogens with zero attached hydrogens (tertiary/aromatic N) is 2. The second-order valence-electron chi connectivity index (χ2n) is 7.79. The molecule has 5 aromatic rings. The number of hydrogen-bond donors (Lipinski definition) is 5. The molecule has 2 heterocycles. The Morgan fingerprint density at radius 2 is 1.72 bits per heavy atom. The predicted molar refractivity (Wildman–Crippen MR) is 156 cm³/mol. The van der Waals surface area contributed by atoms with Crippen molar-refractivity contribution in [2.24, 2.45) is 5.14 Å². The number of hydrogen-bond acceptors (Lipinski definition) is 7. The van der Waals surface area contributed by atoms with Crippen LogP contribution in [0.3, 0.4) is 0 Å². The SMILES string of the molecule is CS.NSc1ccc(-c2cnc3n[nH]c(C(=O)c4c(F)ccc(NS(=O)Nc5ccccc5)c4F)c3c2)cc1. The number of H-pyrrole nitrogens is 1. The lowest BCUT2D eigenvalue weighted by molar-refractivity contribution is 0.102. The van der Waals surface area contributed by atoms with Crippen LogP contribution >= 0.6 is 24.6 Å². The monoisotopic (exact) mass is 584 g/mol. The molecule has 3 aromatic carbocycles. The largest absolute Gasteiger partial charge is 0.288 e. The standard InChI is InChI=1S/C25H18F2N6O2S2.CH4S/c26-19-10-11-20(33-37(35)32-16-4-2-1-3-5-16)22(27)21(19)24(34)23-18-12-15(13-29-25(18)31-30-23)14-6-8-17(36-28)9-7-14;1-2/h1-13,32-33H,28H2,(H,29,30,31);2H,1H3. The third-order valence-corrected chi connectivity index (χ3v) is 6.84. The van der Waals surface area contributed by atoms with Gasteiger partial charge >= 0.3 is 0 Å². The van der Waals surface area contributed by atoms with Crippen LogP contribution in [-0.2, 0) is 11.2 Å². The summed E-state index contributed by atoms with van der Waals surface area (Å²) in [6.07, 6.45) is 3.28. The Hall–Kier alpha value is -3.78. The molecule has 0 bridgehead atoms. The third-order valence-electron chi connectivity index (χ3n) is 5.47. The molecule has 0 radical (unpaired) electrons. The van der Waals surface area contributed by atoms with Crippen molar-refractivity contribution in [1.82, 2.24) is 15.2 Å². The van der Waals surface area contributed by atoms with Crippen molar-refractivity contribution >= 4 is 63.9 Å². The van der Waals surface area contributed by atoms with E-state index in [9.17, 15) is 13.4 Å². The summed E-state index contributed by atoms with van der Waals surface area (Å²) in [5.41, 5.74) is 0.963. The molecule has 0 aliphatic heterocycles. The number of aromatic nitrogens is 3. The molecule has 39 heavy (non-hydrogen) atoms. The number of benzene rings is 3. The number of aromatic amines is 1. The van der Waals surface area contributed by atoms with Gasteiger partial charge in [0, 0.05) is 22.3 Å². The molecule has 0 saturated heterocycles. The maximum atomic E-state index is 15.3. The zero-order valence-corrected chi connectivity index (χ0v) is 22.8. The number of thiol groups is 1. The van der Waals surface area contributed by atoms with Gasteiger partial charge in [-0.05, 0) is 66.2 Å². The lowest BCUT2D eigenvalue weighted by Gasteiger charge is -2.11. The Labute approximate surface area is 235 Å². The van der Waals surface area contributed by atoms with E-state index in [0.717, 1.165) is 34.5 Å². The van der Waals surface area contributed by atoms with Gasteiger partial charge in [-0.3, -0.25) is 24.5 Å². The number of fused-ring (bicyclic) bond motifs is 1. The number of nitrogens with two attached hydrogens (primary N) is 1. The summed E-state index contributed by atoms with van der Waals surface area (Å²) in [6, 6.07) is 19.6. The number of rotatable bonds is 8. The first-order chi connectivity index (χ1) is 18.9. The minimum Gasteiger partial charge on any atom is -0.288 e. The quantitative estimate of drug-likeness (QED) is 0.0899. The highest BCUT2D eigenvalue weighted by atomic mass is 32.2. The van der Waals surface area contributed by atoms with Crippen molar-refractivity contribution in [2.45, 2.75) is 4.90 Å². The summed E-state index contributed by atoms with van der Waals surface area (Å²) in [6.45, 7) is 0. The maximum absolute atomic E-state index is 15.3. The van der Waals surface area contributed by atoms with Crippen molar-refractivity contribution < 1.29 is 17.8 Å². The molecule has 13 heteroatoms. The highest BCUT2D eigenvalue weighted by Crippen LogP contribution is 2.29. The van der Waals surface area contributed by atoms with Gasteiger partial charge in [-0.2, -0.15) is 17.7 Å². The zero-order chi connectivity index (χ0) is 27.9. The van der Waals surface area contributed by atoms with Gasteiger partial charge in [-0.25, -0.2) is 18.0 Å². The molecule has 0 amide bonds. The van der Waals surface area contributed by atoms with Crippen LogP contribution in [0.1, 0.15) is 16.1 Å². The number of anilines is 2. The van der Waals surface area contributed by atoms with Crippen LogP contribution in [-0.4, -0.2) is 31.4 Å². The molecular weight excluding hydrogens is 563 g/mol. The van der Waals surface area contributed by atoms with Crippen LogP contribution in [0, 0.1) is 11.6 Å². The fourth-order valence-electron chi connectivity index (χ4n) is 3.66. The average molecular weight is 585 g/mol. The molecule has 8 nitrogen and oxygen atoms in total. The van der Waals surface area contributed by atoms with Crippen LogP contribution in [0.15, 0.2) is 83.9 Å². The Morgan fingerprint density at radius 1 is 1.00 bits per heavy atom. The minimum absolute atomic E-state index is 0.128.